The van der Waals surface area contributed by atoms with Gasteiger partial charge >= 0.3 is 11.9 Å². The SMILES string of the molecule is C/C(=N\OC(=O)c1ccccc1)NCCCC[C@H](N)C(=O)O.Cl.Cl. The molecule has 1 aromatic rings. The number of oxime groups is 1. The molecule has 0 aliphatic heterocycles. The van der Waals surface area contributed by atoms with Crippen LogP contribution in [0.4, 0.5) is 0 Å². The monoisotopic (exact) mass is 379 g/mol. The van der Waals surface area contributed by atoms with Crippen LogP contribution in [0.2, 0.25) is 0 Å². The van der Waals surface area contributed by atoms with Gasteiger partial charge in [0.25, 0.3) is 0 Å². The lowest BCUT2D eigenvalue weighted by atomic mass is 10.1. The first-order valence-electron chi connectivity index (χ1n) is 7.04. The zero-order valence-electron chi connectivity index (χ0n) is 13.3. The second kappa shape index (κ2) is 13.6. The predicted octanol–water partition coefficient (Wildman–Crippen LogP) is 2.19. The number of carboxylic acids is 1. The number of amidine groups is 1. The van der Waals surface area contributed by atoms with Gasteiger partial charge in [0.1, 0.15) is 11.9 Å². The van der Waals surface area contributed by atoms with Gasteiger partial charge < -0.3 is 21.0 Å². The molecule has 1 aromatic carbocycles. The van der Waals surface area contributed by atoms with Crippen molar-refractivity contribution in [1.29, 1.82) is 0 Å². The largest absolute Gasteiger partial charge is 0.480 e. The molecule has 0 unspecified atom stereocenters. The number of rotatable bonds is 8. The minimum absolute atomic E-state index is 0. The van der Waals surface area contributed by atoms with Crippen LogP contribution in [-0.4, -0.2) is 35.5 Å². The van der Waals surface area contributed by atoms with Gasteiger partial charge in [-0.1, -0.05) is 23.4 Å². The zero-order valence-corrected chi connectivity index (χ0v) is 14.9. The van der Waals surface area contributed by atoms with E-state index in [2.05, 4.69) is 10.5 Å². The highest BCUT2D eigenvalue weighted by molar-refractivity contribution is 5.90. The Labute approximate surface area is 153 Å². The van der Waals surface area contributed by atoms with E-state index in [1.807, 2.05) is 6.07 Å². The Morgan fingerprint density at radius 1 is 1.25 bits per heavy atom. The van der Waals surface area contributed by atoms with Crippen molar-refractivity contribution in [3.05, 3.63) is 35.9 Å². The molecule has 0 aromatic heterocycles. The third-order valence-electron chi connectivity index (χ3n) is 2.91. The molecule has 7 nitrogen and oxygen atoms in total. The Bertz CT molecular complexity index is 527. The average Bonchev–Trinajstić information content (AvgIpc) is 2.52. The lowest BCUT2D eigenvalue weighted by Crippen LogP contribution is -2.30. The quantitative estimate of drug-likeness (QED) is 0.209. The van der Waals surface area contributed by atoms with Crippen LogP contribution >= 0.6 is 24.8 Å². The number of nitrogens with zero attached hydrogens (tertiary/aromatic N) is 1. The molecule has 9 heteroatoms. The molecule has 0 heterocycles. The Balaban J connectivity index is 0. The maximum atomic E-state index is 11.6. The second-order valence-corrected chi connectivity index (χ2v) is 4.79. The third kappa shape index (κ3) is 10.0. The van der Waals surface area contributed by atoms with Crippen molar-refractivity contribution in [3.8, 4) is 0 Å². The maximum absolute atomic E-state index is 11.6. The molecule has 0 spiro atoms. The van der Waals surface area contributed by atoms with Gasteiger partial charge in [0.05, 0.1) is 5.56 Å². The normalized spacial score (nSPS) is 11.5. The summed E-state index contributed by atoms with van der Waals surface area (Å²) < 4.78 is 0. The van der Waals surface area contributed by atoms with Crippen molar-refractivity contribution in [1.82, 2.24) is 5.32 Å². The van der Waals surface area contributed by atoms with Gasteiger partial charge in [-0.25, -0.2) is 4.79 Å². The fraction of sp³-hybridized carbons (Fsp3) is 0.400. The predicted molar refractivity (Wildman–Crippen MR) is 96.9 cm³/mol. The number of halogens is 2. The van der Waals surface area contributed by atoms with Crippen LogP contribution in [0.5, 0.6) is 0 Å². The van der Waals surface area contributed by atoms with Crippen LogP contribution in [0.15, 0.2) is 35.5 Å². The van der Waals surface area contributed by atoms with E-state index in [1.54, 1.807) is 31.2 Å². The van der Waals surface area contributed by atoms with Crippen molar-refractivity contribution in [3.63, 3.8) is 0 Å². The Hall–Kier alpha value is -1.83. The molecule has 0 fully saturated rings. The number of carbonyl (C=O) groups excluding carboxylic acids is 1. The molecular weight excluding hydrogens is 357 g/mol. The first-order valence-corrected chi connectivity index (χ1v) is 7.04. The van der Waals surface area contributed by atoms with Gasteiger partial charge in [0, 0.05) is 6.54 Å². The molecule has 0 aliphatic rings. The molecular formula is C15H23Cl2N3O4. The summed E-state index contributed by atoms with van der Waals surface area (Å²) in [7, 11) is 0. The van der Waals surface area contributed by atoms with Crippen LogP contribution in [-0.2, 0) is 9.63 Å². The number of aliphatic carboxylic acids is 1. The highest BCUT2D eigenvalue weighted by Crippen LogP contribution is 2.01. The highest BCUT2D eigenvalue weighted by atomic mass is 35.5. The van der Waals surface area contributed by atoms with Crippen LogP contribution in [0.1, 0.15) is 36.5 Å². The number of carbonyl (C=O) groups is 2. The van der Waals surface area contributed by atoms with E-state index < -0.39 is 18.0 Å². The topological polar surface area (TPSA) is 114 Å². The number of unbranched alkanes of at least 4 members (excludes halogenated alkanes) is 1. The molecule has 136 valence electrons. The summed E-state index contributed by atoms with van der Waals surface area (Å²) in [6.45, 7) is 2.28. The molecule has 0 aliphatic carbocycles. The minimum atomic E-state index is -0.987. The van der Waals surface area contributed by atoms with Crippen molar-refractivity contribution >= 4 is 42.6 Å². The summed E-state index contributed by atoms with van der Waals surface area (Å²) in [5.74, 6) is -1.03. The fourth-order valence-electron chi connectivity index (χ4n) is 1.65. The fourth-order valence-corrected chi connectivity index (χ4v) is 1.65. The Morgan fingerprint density at radius 2 is 1.88 bits per heavy atom. The summed E-state index contributed by atoms with van der Waals surface area (Å²) >= 11 is 0. The number of carboxylic acid groups (broad SMARTS) is 1. The number of benzene rings is 1. The molecule has 4 N–H and O–H groups in total. The Morgan fingerprint density at radius 3 is 2.46 bits per heavy atom. The van der Waals surface area contributed by atoms with Crippen molar-refractivity contribution in [2.24, 2.45) is 10.9 Å². The van der Waals surface area contributed by atoms with E-state index in [0.717, 1.165) is 6.42 Å². The van der Waals surface area contributed by atoms with Crippen LogP contribution in [0.3, 0.4) is 0 Å². The van der Waals surface area contributed by atoms with Gasteiger partial charge in [-0.2, -0.15) is 0 Å². The first kappa shape index (κ1) is 24.4. The van der Waals surface area contributed by atoms with E-state index >= 15 is 0 Å². The zero-order chi connectivity index (χ0) is 16.4. The van der Waals surface area contributed by atoms with Gasteiger partial charge in [0.2, 0.25) is 0 Å². The average molecular weight is 380 g/mol. The van der Waals surface area contributed by atoms with Gasteiger partial charge in [-0.05, 0) is 38.3 Å². The van der Waals surface area contributed by atoms with Crippen LogP contribution < -0.4 is 11.1 Å². The van der Waals surface area contributed by atoms with E-state index in [0.29, 0.717) is 30.8 Å². The molecule has 0 radical (unpaired) electrons. The lowest BCUT2D eigenvalue weighted by Gasteiger charge is -2.07. The van der Waals surface area contributed by atoms with Crippen molar-refractivity contribution in [2.75, 3.05) is 6.54 Å². The molecule has 1 atom stereocenters. The van der Waals surface area contributed by atoms with Gasteiger partial charge in [-0.15, -0.1) is 24.8 Å². The number of hydrogen-bond acceptors (Lipinski definition) is 5. The maximum Gasteiger partial charge on any atom is 0.365 e. The molecule has 0 amide bonds. The minimum Gasteiger partial charge on any atom is -0.480 e. The van der Waals surface area contributed by atoms with E-state index in [4.69, 9.17) is 15.7 Å². The molecule has 1 rings (SSSR count). The number of nitrogens with one attached hydrogen (secondary N) is 1. The third-order valence-corrected chi connectivity index (χ3v) is 2.91. The standard InChI is InChI=1S/C15H21N3O4.2ClH/c1-11(17-10-6-5-9-13(16)14(19)20)18-22-15(21)12-7-3-2-4-8-12;;/h2-4,7-8,13H,5-6,9-10,16H2,1H3,(H,17,18)(H,19,20);2*1H/t13-;;/m0../s1. The summed E-state index contributed by atoms with van der Waals surface area (Å²) in [4.78, 5) is 27.0. The smallest absolute Gasteiger partial charge is 0.365 e. The lowest BCUT2D eigenvalue weighted by molar-refractivity contribution is -0.138. The summed E-state index contributed by atoms with van der Waals surface area (Å²) in [6.07, 6.45) is 1.87. The summed E-state index contributed by atoms with van der Waals surface area (Å²) in [5, 5.41) is 15.3. The Kier molecular flexibility index (Phi) is 13.8. The van der Waals surface area contributed by atoms with Gasteiger partial charge in [0.15, 0.2) is 0 Å². The molecule has 0 saturated heterocycles. The first-order chi connectivity index (χ1) is 10.5. The van der Waals surface area contributed by atoms with Gasteiger partial charge in [-0.3, -0.25) is 4.79 Å². The van der Waals surface area contributed by atoms with Crippen LogP contribution in [0.25, 0.3) is 0 Å². The molecule has 24 heavy (non-hydrogen) atoms. The van der Waals surface area contributed by atoms with Crippen LogP contribution in [0, 0.1) is 0 Å². The van der Waals surface area contributed by atoms with Crippen molar-refractivity contribution < 1.29 is 19.5 Å². The summed E-state index contributed by atoms with van der Waals surface area (Å²) in [6, 6.07) is 7.77. The molecule has 0 bridgehead atoms. The van der Waals surface area contributed by atoms with E-state index in [9.17, 15) is 9.59 Å². The molecule has 0 saturated carbocycles. The summed E-state index contributed by atoms with van der Waals surface area (Å²) in [5.41, 5.74) is 5.83. The van der Waals surface area contributed by atoms with Crippen molar-refractivity contribution in [2.45, 2.75) is 32.2 Å². The number of nitrogens with two attached hydrogens (primary N) is 1. The number of hydrogen-bond donors (Lipinski definition) is 3. The van der Waals surface area contributed by atoms with E-state index in [1.165, 1.54) is 0 Å². The second-order valence-electron chi connectivity index (χ2n) is 4.79. The highest BCUT2D eigenvalue weighted by Gasteiger charge is 2.10. The van der Waals surface area contributed by atoms with E-state index in [-0.39, 0.29) is 24.8 Å².